The minimum atomic E-state index is -0.579. The van der Waals surface area contributed by atoms with Gasteiger partial charge in [-0.1, -0.05) is 0 Å². The molecule has 6 heteroatoms. The van der Waals surface area contributed by atoms with Crippen LogP contribution >= 0.6 is 0 Å². The van der Waals surface area contributed by atoms with Gasteiger partial charge in [-0.3, -0.25) is 4.90 Å². The Morgan fingerprint density at radius 2 is 2.14 bits per heavy atom. The lowest BCUT2D eigenvalue weighted by molar-refractivity contribution is 0.166. The predicted octanol–water partition coefficient (Wildman–Crippen LogP) is 2.88. The van der Waals surface area contributed by atoms with E-state index in [0.717, 1.165) is 23.6 Å². The molecule has 0 radical (unpaired) electrons. The summed E-state index contributed by atoms with van der Waals surface area (Å²) in [6.07, 6.45) is -0.219. The molecule has 118 valence electrons. The van der Waals surface area contributed by atoms with E-state index in [0.29, 0.717) is 25.4 Å². The van der Waals surface area contributed by atoms with Crippen LogP contribution in [0, 0.1) is 25.5 Å². The largest absolute Gasteiger partial charge is 0.444 e. The standard InChI is InChI=1S/C16H18F2N2O2/c1-9-10(2)22-16(19-9)8-20-7-12(21)6-15(20)13-5-11(17)3-4-14(13)18/h3-5,12,15,21H,6-8H2,1-2H3/t12-,15+/m0/s1. The molecule has 1 aromatic carbocycles. The molecular formula is C16H18F2N2O2. The van der Waals surface area contributed by atoms with Crippen molar-refractivity contribution in [1.82, 2.24) is 9.88 Å². The number of hydrogen-bond acceptors (Lipinski definition) is 4. The van der Waals surface area contributed by atoms with Crippen LogP contribution in [-0.4, -0.2) is 27.6 Å². The van der Waals surface area contributed by atoms with Crippen LogP contribution in [0.4, 0.5) is 8.78 Å². The van der Waals surface area contributed by atoms with Crippen LogP contribution in [0.2, 0.25) is 0 Å². The topological polar surface area (TPSA) is 49.5 Å². The number of β-amino-alcohol motifs (C(OH)–C–C–N with tert-alkyl or cyclic N) is 1. The molecule has 0 unspecified atom stereocenters. The maximum atomic E-state index is 14.0. The van der Waals surface area contributed by atoms with Crippen LogP contribution in [-0.2, 0) is 6.54 Å². The van der Waals surface area contributed by atoms with Gasteiger partial charge in [0.1, 0.15) is 17.4 Å². The van der Waals surface area contributed by atoms with E-state index in [1.54, 1.807) is 0 Å². The third kappa shape index (κ3) is 2.89. The first-order chi connectivity index (χ1) is 10.4. The normalized spacial score (nSPS) is 22.4. The highest BCUT2D eigenvalue weighted by Crippen LogP contribution is 2.35. The molecule has 1 aromatic heterocycles. The van der Waals surface area contributed by atoms with Gasteiger partial charge in [0.15, 0.2) is 0 Å². The maximum absolute atomic E-state index is 14.0. The average Bonchev–Trinajstić information content (AvgIpc) is 2.96. The van der Waals surface area contributed by atoms with E-state index in [1.807, 2.05) is 18.7 Å². The van der Waals surface area contributed by atoms with Crippen LogP contribution in [0.1, 0.15) is 35.4 Å². The molecule has 0 amide bonds. The van der Waals surface area contributed by atoms with Gasteiger partial charge < -0.3 is 9.52 Å². The summed E-state index contributed by atoms with van der Waals surface area (Å²) in [5, 5.41) is 9.92. The first kappa shape index (κ1) is 15.1. The Kier molecular flexibility index (Phi) is 3.97. The van der Waals surface area contributed by atoms with Crippen molar-refractivity contribution in [1.29, 1.82) is 0 Å². The number of aromatic nitrogens is 1. The number of rotatable bonds is 3. The quantitative estimate of drug-likeness (QED) is 0.947. The lowest BCUT2D eigenvalue weighted by Crippen LogP contribution is -2.25. The second-order valence-electron chi connectivity index (χ2n) is 5.75. The van der Waals surface area contributed by atoms with Crippen molar-refractivity contribution in [3.05, 3.63) is 52.7 Å². The summed E-state index contributed by atoms with van der Waals surface area (Å²) < 4.78 is 33.0. The van der Waals surface area contributed by atoms with Gasteiger partial charge in [0, 0.05) is 18.2 Å². The summed E-state index contributed by atoms with van der Waals surface area (Å²) in [6.45, 7) is 4.41. The van der Waals surface area contributed by atoms with Gasteiger partial charge in [0.05, 0.1) is 18.3 Å². The number of aryl methyl sites for hydroxylation is 2. The van der Waals surface area contributed by atoms with Crippen LogP contribution in [0.3, 0.4) is 0 Å². The van der Waals surface area contributed by atoms with Crippen molar-refractivity contribution in [3.63, 3.8) is 0 Å². The first-order valence-electron chi connectivity index (χ1n) is 7.24. The Hall–Kier alpha value is -1.79. The van der Waals surface area contributed by atoms with E-state index in [1.165, 1.54) is 6.07 Å². The van der Waals surface area contributed by atoms with E-state index in [-0.39, 0.29) is 5.56 Å². The van der Waals surface area contributed by atoms with Crippen molar-refractivity contribution in [3.8, 4) is 0 Å². The number of oxazole rings is 1. The molecule has 2 heterocycles. The SMILES string of the molecule is Cc1nc(CN2C[C@@H](O)C[C@@H]2c2cc(F)ccc2F)oc1C. The van der Waals surface area contributed by atoms with Gasteiger partial charge in [0.2, 0.25) is 5.89 Å². The summed E-state index contributed by atoms with van der Waals surface area (Å²) >= 11 is 0. The molecular weight excluding hydrogens is 290 g/mol. The lowest BCUT2D eigenvalue weighted by Gasteiger charge is -2.23. The Morgan fingerprint density at radius 3 is 2.82 bits per heavy atom. The second kappa shape index (κ2) is 5.78. The van der Waals surface area contributed by atoms with Crippen molar-refractivity contribution in [2.24, 2.45) is 0 Å². The molecule has 4 nitrogen and oxygen atoms in total. The molecule has 1 fully saturated rings. The fourth-order valence-electron chi connectivity index (χ4n) is 2.93. The monoisotopic (exact) mass is 308 g/mol. The van der Waals surface area contributed by atoms with Crippen molar-refractivity contribution in [2.75, 3.05) is 6.54 Å². The summed E-state index contributed by atoms with van der Waals surface area (Å²) in [4.78, 5) is 6.18. The van der Waals surface area contributed by atoms with E-state index >= 15 is 0 Å². The van der Waals surface area contributed by atoms with Crippen LogP contribution < -0.4 is 0 Å². The zero-order chi connectivity index (χ0) is 15.9. The molecule has 2 aromatic rings. The van der Waals surface area contributed by atoms with Gasteiger partial charge in [-0.25, -0.2) is 13.8 Å². The molecule has 0 saturated carbocycles. The minimum absolute atomic E-state index is 0.261. The molecule has 2 atom stereocenters. The van der Waals surface area contributed by atoms with Crippen molar-refractivity contribution in [2.45, 2.75) is 39.0 Å². The van der Waals surface area contributed by atoms with Gasteiger partial charge in [-0.15, -0.1) is 0 Å². The summed E-state index contributed by atoms with van der Waals surface area (Å²) in [5.74, 6) is 0.306. The molecule has 1 saturated heterocycles. The highest BCUT2D eigenvalue weighted by molar-refractivity contribution is 5.24. The first-order valence-corrected chi connectivity index (χ1v) is 7.24. The van der Waals surface area contributed by atoms with Gasteiger partial charge >= 0.3 is 0 Å². The van der Waals surface area contributed by atoms with E-state index in [4.69, 9.17) is 4.42 Å². The zero-order valence-corrected chi connectivity index (χ0v) is 12.5. The molecule has 1 N–H and O–H groups in total. The fraction of sp³-hybridized carbons (Fsp3) is 0.438. The van der Waals surface area contributed by atoms with Crippen LogP contribution in [0.15, 0.2) is 22.6 Å². The number of halogens is 2. The molecule has 0 spiro atoms. The summed E-state index contributed by atoms with van der Waals surface area (Å²) in [7, 11) is 0. The van der Waals surface area contributed by atoms with Gasteiger partial charge in [-0.2, -0.15) is 0 Å². The molecule has 1 aliphatic heterocycles. The van der Waals surface area contributed by atoms with Gasteiger partial charge in [0.25, 0.3) is 0 Å². The number of aliphatic hydroxyl groups is 1. The smallest absolute Gasteiger partial charge is 0.208 e. The summed E-state index contributed by atoms with van der Waals surface area (Å²) in [5.41, 5.74) is 1.07. The molecule has 22 heavy (non-hydrogen) atoms. The number of hydrogen-bond donors (Lipinski definition) is 1. The van der Waals surface area contributed by atoms with Crippen molar-refractivity contribution < 1.29 is 18.3 Å². The molecule has 0 aliphatic carbocycles. The second-order valence-corrected chi connectivity index (χ2v) is 5.75. The van der Waals surface area contributed by atoms with Gasteiger partial charge in [-0.05, 0) is 38.5 Å². The summed E-state index contributed by atoms with van der Waals surface area (Å²) in [6, 6.07) is 3.01. The minimum Gasteiger partial charge on any atom is -0.444 e. The Bertz CT molecular complexity index is 667. The van der Waals surface area contributed by atoms with E-state index < -0.39 is 23.8 Å². The van der Waals surface area contributed by atoms with E-state index in [9.17, 15) is 13.9 Å². The maximum Gasteiger partial charge on any atom is 0.208 e. The predicted molar refractivity (Wildman–Crippen MR) is 76.1 cm³/mol. The third-order valence-electron chi connectivity index (χ3n) is 4.11. The van der Waals surface area contributed by atoms with Crippen molar-refractivity contribution >= 4 is 0 Å². The number of benzene rings is 1. The highest BCUT2D eigenvalue weighted by atomic mass is 19.1. The fourth-order valence-corrected chi connectivity index (χ4v) is 2.93. The Labute approximate surface area is 127 Å². The number of likely N-dealkylation sites (tertiary alicyclic amines) is 1. The Balaban J connectivity index is 1.87. The lowest BCUT2D eigenvalue weighted by atomic mass is 10.0. The molecule has 3 rings (SSSR count). The number of nitrogens with zero attached hydrogens (tertiary/aromatic N) is 2. The van der Waals surface area contributed by atoms with Crippen LogP contribution in [0.5, 0.6) is 0 Å². The molecule has 1 aliphatic rings. The zero-order valence-electron chi connectivity index (χ0n) is 12.5. The van der Waals surface area contributed by atoms with Crippen LogP contribution in [0.25, 0.3) is 0 Å². The number of aliphatic hydroxyl groups excluding tert-OH is 1. The Morgan fingerprint density at radius 1 is 1.36 bits per heavy atom. The third-order valence-corrected chi connectivity index (χ3v) is 4.11. The highest BCUT2D eigenvalue weighted by Gasteiger charge is 2.34. The van der Waals surface area contributed by atoms with E-state index in [2.05, 4.69) is 4.98 Å². The average molecular weight is 308 g/mol. The molecule has 0 bridgehead atoms.